The third-order valence-corrected chi connectivity index (χ3v) is 21.1. The minimum atomic E-state index is -1.84. The van der Waals surface area contributed by atoms with Crippen molar-refractivity contribution in [1.29, 1.82) is 5.41 Å². The molecule has 0 aliphatic carbocycles. The number of aliphatic hydroxyl groups is 1. The van der Waals surface area contributed by atoms with Gasteiger partial charge in [-0.1, -0.05) is 105 Å². The third-order valence-electron chi connectivity index (χ3n) is 21.1. The number of nitrogens with zero attached hydrogens (tertiary/aromatic N) is 4. The average Bonchev–Trinajstić information content (AvgIpc) is 1.68. The Hall–Kier alpha value is -12.4. The van der Waals surface area contributed by atoms with Gasteiger partial charge in [-0.15, -0.1) is 0 Å². The number of H-pyrrole nitrogens is 2. The van der Waals surface area contributed by atoms with Crippen molar-refractivity contribution < 1.29 is 81.7 Å². The number of likely N-dealkylation sites (N-methyl/N-ethyl adjacent to an activating group) is 2. The van der Waals surface area contributed by atoms with Crippen LogP contribution in [0.5, 0.6) is 5.75 Å². The number of hydrogen-bond donors (Lipinski definition) is 19. The molecule has 15 amide bonds. The SMILES string of the molecule is CC[C@@H]1CCCN1C(=O)[C@H](CCCNC(=N)N)NC(=O)[C@H](CC(C)C)NC(=O)[C@H](CC(C)C)NC(=O)[C@H](Cc1ccc(OC(=O)N(C)CCN(C)C(=O)OCc2ccc(NC(=O)[C@H](CCCNC(N)=O)NC(=O)[C@@H](NC(C)C)C(C)C)cc2)cc1)NC(=O)[C@H](CO)NC(=O)[C@H](Cc1c[nH]c2ccccc12)NC(=O)[C@H](Cc1c[nH]cn1)NC(=O)C1CCC(=O)N1. The number of anilines is 1. The van der Waals surface area contributed by atoms with Gasteiger partial charge in [0.1, 0.15) is 66.7 Å². The van der Waals surface area contributed by atoms with Gasteiger partial charge in [0.25, 0.3) is 0 Å². The van der Waals surface area contributed by atoms with E-state index >= 15 is 4.79 Å². The second-order valence-corrected chi connectivity index (χ2v) is 32.9. The van der Waals surface area contributed by atoms with Gasteiger partial charge in [0.2, 0.25) is 65.0 Å². The number of likely N-dealkylation sites (tertiary alicyclic amines) is 1. The van der Waals surface area contributed by atoms with E-state index in [1.165, 1.54) is 60.7 Å². The van der Waals surface area contributed by atoms with Crippen molar-refractivity contribution in [1.82, 2.24) is 93.5 Å². The highest BCUT2D eigenvalue weighted by molar-refractivity contribution is 6.00. The molecular weight excluding hydrogens is 1600 g/mol. The molecule has 4 heterocycles. The molecule has 5 aromatic rings. The Kier molecular flexibility index (Phi) is 39.0. The number of primary amides is 1. The number of imidazole rings is 1. The first-order chi connectivity index (χ1) is 59.0. The molecular formula is C85H126N22O17. The molecule has 21 N–H and O–H groups in total. The third kappa shape index (κ3) is 31.8. The smallest absolute Gasteiger partial charge is 0.415 e. The average molecular weight is 1730 g/mol. The maximum absolute atomic E-state index is 15.2. The maximum atomic E-state index is 15.2. The van der Waals surface area contributed by atoms with Crippen LogP contribution in [0.15, 0.2) is 91.5 Å². The summed E-state index contributed by atoms with van der Waals surface area (Å²) in [6.07, 6.45) is 5.92. The van der Waals surface area contributed by atoms with Crippen LogP contribution in [0.25, 0.3) is 10.9 Å². The van der Waals surface area contributed by atoms with Crippen molar-refractivity contribution in [3.05, 3.63) is 114 Å². The van der Waals surface area contributed by atoms with Crippen LogP contribution in [0.1, 0.15) is 155 Å². The summed E-state index contributed by atoms with van der Waals surface area (Å²) in [5, 5.41) is 55.3. The number of guanidine groups is 1. The number of hydrogen-bond acceptors (Lipinski definition) is 20. The summed E-state index contributed by atoms with van der Waals surface area (Å²) in [5.74, 6) is -8.26. The summed E-state index contributed by atoms with van der Waals surface area (Å²) < 4.78 is 11.3. The molecule has 39 nitrogen and oxygen atoms in total. The minimum Gasteiger partial charge on any atom is -0.445 e. The van der Waals surface area contributed by atoms with E-state index in [2.05, 4.69) is 84.1 Å². The zero-order valence-corrected chi connectivity index (χ0v) is 72.6. The van der Waals surface area contributed by atoms with E-state index in [-0.39, 0.29) is 150 Å². The van der Waals surface area contributed by atoms with Crippen LogP contribution >= 0.6 is 0 Å². The highest BCUT2D eigenvalue weighted by Gasteiger charge is 2.39. The van der Waals surface area contributed by atoms with Crippen LogP contribution in [0.2, 0.25) is 0 Å². The molecule has 2 fully saturated rings. The Bertz CT molecular complexity index is 4430. The Morgan fingerprint density at radius 2 is 1.16 bits per heavy atom. The number of para-hydroxylation sites is 1. The number of amides is 15. The van der Waals surface area contributed by atoms with Gasteiger partial charge in [0.05, 0.1) is 24.7 Å². The molecule has 2 aromatic heterocycles. The van der Waals surface area contributed by atoms with Crippen molar-refractivity contribution in [3.8, 4) is 5.75 Å². The number of aromatic amines is 2. The Morgan fingerprint density at radius 3 is 1.73 bits per heavy atom. The molecule has 0 bridgehead atoms. The van der Waals surface area contributed by atoms with Crippen molar-refractivity contribution in [2.24, 2.45) is 29.2 Å². The van der Waals surface area contributed by atoms with Crippen molar-refractivity contribution in [3.63, 3.8) is 0 Å². The molecule has 0 saturated carbocycles. The van der Waals surface area contributed by atoms with Crippen molar-refractivity contribution in [2.45, 2.75) is 231 Å². The predicted molar refractivity (Wildman–Crippen MR) is 461 cm³/mol. The van der Waals surface area contributed by atoms with E-state index in [1.54, 1.807) is 73.5 Å². The quantitative estimate of drug-likeness (QED) is 0.0150. The highest BCUT2D eigenvalue weighted by atomic mass is 16.6. The summed E-state index contributed by atoms with van der Waals surface area (Å²) in [6, 6.07) is 6.25. The van der Waals surface area contributed by atoms with E-state index in [0.717, 1.165) is 12.8 Å². The lowest BCUT2D eigenvalue weighted by molar-refractivity contribution is -0.139. The topological polar surface area (TPSA) is 564 Å². The van der Waals surface area contributed by atoms with Crippen LogP contribution in [0.4, 0.5) is 20.1 Å². The number of nitrogens with one attached hydrogen (secondary N) is 16. The number of urea groups is 1. The fraction of sp³-hybridized carbons (Fsp3) is 0.553. The van der Waals surface area contributed by atoms with Crippen LogP contribution in [0, 0.1) is 23.2 Å². The Labute approximate surface area is 722 Å². The van der Waals surface area contributed by atoms with Crippen LogP contribution in [-0.4, -0.2) is 250 Å². The predicted octanol–water partition coefficient (Wildman–Crippen LogP) is 1.93. The van der Waals surface area contributed by atoms with Gasteiger partial charge in [-0.3, -0.25) is 58.1 Å². The number of aromatic nitrogens is 3. The number of rotatable bonds is 48. The van der Waals surface area contributed by atoms with Crippen LogP contribution in [0.3, 0.4) is 0 Å². The lowest BCUT2D eigenvalue weighted by Gasteiger charge is -2.31. The second-order valence-electron chi connectivity index (χ2n) is 32.9. The van der Waals surface area contributed by atoms with Crippen LogP contribution < -0.4 is 85.3 Å². The molecule has 3 aromatic carbocycles. The summed E-state index contributed by atoms with van der Waals surface area (Å²) >= 11 is 0. The molecule has 11 atom stereocenters. The Balaban J connectivity index is 1.07. The molecule has 678 valence electrons. The van der Waals surface area contributed by atoms with Gasteiger partial charge in [0.15, 0.2) is 5.96 Å². The molecule has 2 saturated heterocycles. The normalized spacial score (nSPS) is 15.9. The van der Waals surface area contributed by atoms with Crippen molar-refractivity contribution >= 4 is 106 Å². The van der Waals surface area contributed by atoms with Gasteiger partial charge in [0, 0.05) is 114 Å². The standard InChI is InChI=1S/C85H126N22O17/c1-12-57-18-17-35-107(57)81(119)63(22-16-33-90-82(86)87)98-74(112)64(38-48(2)3)99-75(113)65(39-49(4)5)100-76(114)66(101-79(117)69(45-108)104-77(115)67(41-54-43-92-60-20-14-13-19-59(54)60)102-78(116)68(42-56-44-89-47-93-56)103-73(111)62-31-32-70(109)96-62)40-52-25-29-58(30-26-52)124-85(122)106(11)37-36-105(10)84(121)123-46-53-23-27-55(28-24-53)95-72(110)61(21-15-34-91-83(88)120)97-80(118)71(50(6)7)94-51(8)9/h13-14,19-20,23-30,43-44,47-51,57,61-69,71,92,94,108H,12,15-18,21-22,31-42,45-46H2,1-11H3,(H,89,93)(H,95,110)(H,96,109)(H,97,118)(H,98,112)(H,99,113)(H,100,114)(H,101,117)(H,102,116)(H,103,111)(H,104,115)(H4,86,87,90)(H3,88,91,120)/t57-,61+,62?,63+,64+,65+,66+,67+,68+,69+,71+/m1/s1. The number of nitrogens with two attached hydrogens (primary N) is 2. The van der Waals surface area contributed by atoms with Gasteiger partial charge in [-0.25, -0.2) is 19.4 Å². The molecule has 0 spiro atoms. The zero-order chi connectivity index (χ0) is 90.9. The Morgan fingerprint density at radius 1 is 0.613 bits per heavy atom. The fourth-order valence-corrected chi connectivity index (χ4v) is 14.4. The van der Waals surface area contributed by atoms with E-state index in [1.807, 2.05) is 48.5 Å². The number of aliphatic hydroxyl groups excluding tert-OH is 1. The summed E-state index contributed by atoms with van der Waals surface area (Å²) in [4.78, 5) is 209. The summed E-state index contributed by atoms with van der Waals surface area (Å²) in [6.45, 7) is 16.5. The van der Waals surface area contributed by atoms with Crippen molar-refractivity contribution in [2.75, 3.05) is 58.7 Å². The van der Waals surface area contributed by atoms with E-state index < -0.39 is 133 Å². The first-order valence-electron chi connectivity index (χ1n) is 42.3. The summed E-state index contributed by atoms with van der Waals surface area (Å²) in [5.41, 5.74) is 13.7. The van der Waals surface area contributed by atoms with Gasteiger partial charge >= 0.3 is 18.2 Å². The summed E-state index contributed by atoms with van der Waals surface area (Å²) in [7, 11) is 2.91. The maximum Gasteiger partial charge on any atom is 0.415 e. The lowest BCUT2D eigenvalue weighted by atomic mass is 9.98. The molecule has 124 heavy (non-hydrogen) atoms. The lowest BCUT2D eigenvalue weighted by Crippen LogP contribution is -2.61. The number of fused-ring (bicyclic) bond motifs is 1. The number of ether oxygens (including phenoxy) is 2. The van der Waals surface area contributed by atoms with Gasteiger partial charge in [-0.2, -0.15) is 0 Å². The number of carbonyl (C=O) groups is 14. The largest absolute Gasteiger partial charge is 0.445 e. The number of benzene rings is 3. The minimum absolute atomic E-state index is 0.00399. The molecule has 7 rings (SSSR count). The van der Waals surface area contributed by atoms with Gasteiger partial charge in [-0.05, 0) is 129 Å². The second kappa shape index (κ2) is 49.0. The van der Waals surface area contributed by atoms with E-state index in [0.29, 0.717) is 64.8 Å². The van der Waals surface area contributed by atoms with Gasteiger partial charge < -0.3 is 120 Å². The fourth-order valence-electron chi connectivity index (χ4n) is 14.4. The molecule has 2 aliphatic heterocycles. The highest BCUT2D eigenvalue weighted by Crippen LogP contribution is 2.25. The number of carbonyl (C=O) groups excluding carboxylic acids is 14. The molecule has 0 radical (unpaired) electrons. The first kappa shape index (κ1) is 98.7. The van der Waals surface area contributed by atoms with E-state index in [4.69, 9.17) is 26.4 Å². The monoisotopic (exact) mass is 1730 g/mol. The first-order valence-corrected chi connectivity index (χ1v) is 42.3. The zero-order valence-electron chi connectivity index (χ0n) is 72.6. The van der Waals surface area contributed by atoms with E-state index in [9.17, 15) is 67.4 Å². The van der Waals surface area contributed by atoms with Crippen LogP contribution in [-0.2, 0) is 83.3 Å². The molecule has 39 heteroatoms. The molecule has 2 aliphatic rings. The molecule has 1 unspecified atom stereocenters.